The van der Waals surface area contributed by atoms with Gasteiger partial charge in [-0.15, -0.1) is 0 Å². The molecule has 156 valence electrons. The number of halogens is 1. The molecule has 0 spiro atoms. The zero-order chi connectivity index (χ0) is 20.5. The van der Waals surface area contributed by atoms with Gasteiger partial charge >= 0.3 is 0 Å². The third-order valence-electron chi connectivity index (χ3n) is 5.40. The van der Waals surface area contributed by atoms with Gasteiger partial charge in [0.05, 0.1) is 0 Å². The minimum Gasteiger partial charge on any atom is -0.352 e. The summed E-state index contributed by atoms with van der Waals surface area (Å²) in [7, 11) is 1.75. The van der Waals surface area contributed by atoms with Gasteiger partial charge in [0.15, 0.2) is 5.96 Å². The molecular weight excluding hydrogens is 365 g/mol. The molecule has 2 N–H and O–H groups in total. The number of likely N-dealkylation sites (N-methyl/N-ethyl adjacent to an activating group) is 1. The molecule has 1 saturated heterocycles. The first kappa shape index (κ1) is 21.3. The fraction of sp³-hybridized carbons (Fsp3) is 0.435. The molecular formula is C23H32FN5. The van der Waals surface area contributed by atoms with Crippen molar-refractivity contribution in [1.82, 2.24) is 20.4 Å². The Morgan fingerprint density at radius 3 is 1.83 bits per heavy atom. The first-order valence-electron chi connectivity index (χ1n) is 10.4. The predicted octanol–water partition coefficient (Wildman–Crippen LogP) is 2.83. The molecule has 0 aromatic heterocycles. The zero-order valence-corrected chi connectivity index (χ0v) is 17.5. The smallest absolute Gasteiger partial charge is 0.191 e. The van der Waals surface area contributed by atoms with E-state index in [2.05, 4.69) is 56.6 Å². The van der Waals surface area contributed by atoms with E-state index in [9.17, 15) is 4.39 Å². The molecule has 1 aliphatic heterocycles. The monoisotopic (exact) mass is 397 g/mol. The van der Waals surface area contributed by atoms with Gasteiger partial charge in [-0.25, -0.2) is 4.39 Å². The molecule has 0 saturated carbocycles. The zero-order valence-electron chi connectivity index (χ0n) is 17.5. The lowest BCUT2D eigenvalue weighted by Gasteiger charge is -2.34. The van der Waals surface area contributed by atoms with Gasteiger partial charge in [-0.05, 0) is 35.4 Å². The minimum absolute atomic E-state index is 0.220. The molecule has 0 radical (unpaired) electrons. The van der Waals surface area contributed by atoms with Gasteiger partial charge in [0.1, 0.15) is 5.82 Å². The molecule has 0 amide bonds. The number of piperazine rings is 1. The summed E-state index contributed by atoms with van der Waals surface area (Å²) < 4.78 is 13.0. The third kappa shape index (κ3) is 6.84. The van der Waals surface area contributed by atoms with Crippen molar-refractivity contribution in [3.8, 4) is 0 Å². The van der Waals surface area contributed by atoms with Crippen molar-refractivity contribution in [2.45, 2.75) is 26.6 Å². The summed E-state index contributed by atoms with van der Waals surface area (Å²) in [4.78, 5) is 9.28. The number of nitrogens with zero attached hydrogens (tertiary/aromatic N) is 3. The molecule has 2 aromatic rings. The normalized spacial score (nSPS) is 16.0. The molecule has 1 aliphatic rings. The predicted molar refractivity (Wildman–Crippen MR) is 117 cm³/mol. The highest BCUT2D eigenvalue weighted by atomic mass is 19.1. The van der Waals surface area contributed by atoms with Crippen LogP contribution < -0.4 is 10.6 Å². The van der Waals surface area contributed by atoms with E-state index >= 15 is 0 Å². The van der Waals surface area contributed by atoms with Crippen molar-refractivity contribution >= 4 is 5.96 Å². The molecule has 6 heteroatoms. The van der Waals surface area contributed by atoms with Gasteiger partial charge in [-0.2, -0.15) is 0 Å². The molecule has 0 bridgehead atoms. The summed E-state index contributed by atoms with van der Waals surface area (Å²) in [5, 5.41) is 6.58. The molecule has 0 unspecified atom stereocenters. The first-order chi connectivity index (χ1) is 14.2. The van der Waals surface area contributed by atoms with Crippen molar-refractivity contribution in [1.29, 1.82) is 0 Å². The molecule has 0 atom stereocenters. The molecule has 0 aliphatic carbocycles. The van der Waals surface area contributed by atoms with Crippen LogP contribution in [0.1, 0.15) is 23.6 Å². The summed E-state index contributed by atoms with van der Waals surface area (Å²) in [5.74, 6) is 0.509. The lowest BCUT2D eigenvalue weighted by molar-refractivity contribution is 0.132. The van der Waals surface area contributed by atoms with E-state index < -0.39 is 0 Å². The van der Waals surface area contributed by atoms with Gasteiger partial charge < -0.3 is 15.5 Å². The van der Waals surface area contributed by atoms with Crippen molar-refractivity contribution in [2.75, 3.05) is 39.8 Å². The van der Waals surface area contributed by atoms with Crippen LogP contribution in [-0.2, 0) is 19.6 Å². The number of hydrogen-bond donors (Lipinski definition) is 2. The Balaban J connectivity index is 1.42. The number of aliphatic imine (C=N–C) groups is 1. The fourth-order valence-electron chi connectivity index (χ4n) is 3.48. The number of hydrogen-bond acceptors (Lipinski definition) is 3. The largest absolute Gasteiger partial charge is 0.352 e. The van der Waals surface area contributed by atoms with Crippen molar-refractivity contribution in [3.63, 3.8) is 0 Å². The van der Waals surface area contributed by atoms with Gasteiger partial charge in [0.2, 0.25) is 0 Å². The lowest BCUT2D eigenvalue weighted by atomic mass is 10.1. The second-order valence-corrected chi connectivity index (χ2v) is 7.43. The van der Waals surface area contributed by atoms with Crippen molar-refractivity contribution in [2.24, 2.45) is 4.99 Å². The average Bonchev–Trinajstić information content (AvgIpc) is 2.76. The Bertz CT molecular complexity index is 765. The SMILES string of the molecule is CCN1CCN(Cc2ccc(CNC(=NC)NCc3ccc(F)cc3)cc2)CC1. The quantitative estimate of drug-likeness (QED) is 0.557. The molecule has 29 heavy (non-hydrogen) atoms. The molecule has 1 fully saturated rings. The van der Waals surface area contributed by atoms with Crippen LogP contribution in [0.3, 0.4) is 0 Å². The molecule has 1 heterocycles. The summed E-state index contributed by atoms with van der Waals surface area (Å²) in [5.41, 5.74) is 3.59. The number of rotatable bonds is 7. The van der Waals surface area contributed by atoms with E-state index in [1.54, 1.807) is 19.2 Å². The second-order valence-electron chi connectivity index (χ2n) is 7.43. The number of guanidine groups is 1. The van der Waals surface area contributed by atoms with Crippen LogP contribution in [0, 0.1) is 5.82 Å². The Hall–Kier alpha value is -2.44. The maximum atomic E-state index is 13.0. The van der Waals surface area contributed by atoms with E-state index in [4.69, 9.17) is 0 Å². The van der Waals surface area contributed by atoms with Crippen LogP contribution in [0.15, 0.2) is 53.5 Å². The van der Waals surface area contributed by atoms with Gasteiger partial charge in [0.25, 0.3) is 0 Å². The standard InChI is InChI=1S/C23H32FN5/c1-3-28-12-14-29(15-13-28)18-21-6-4-19(5-7-21)16-26-23(25-2)27-17-20-8-10-22(24)11-9-20/h4-11H,3,12-18H2,1-2H3,(H2,25,26,27). The van der Waals surface area contributed by atoms with Gasteiger partial charge in [0, 0.05) is 52.9 Å². The van der Waals surface area contributed by atoms with E-state index in [0.717, 1.165) is 37.7 Å². The highest BCUT2D eigenvalue weighted by Gasteiger charge is 2.15. The molecule has 3 rings (SSSR count). The fourth-order valence-corrected chi connectivity index (χ4v) is 3.48. The summed E-state index contributed by atoms with van der Waals surface area (Å²) >= 11 is 0. The average molecular weight is 398 g/mol. The highest BCUT2D eigenvalue weighted by Crippen LogP contribution is 2.10. The topological polar surface area (TPSA) is 42.9 Å². The Morgan fingerprint density at radius 1 is 0.828 bits per heavy atom. The van der Waals surface area contributed by atoms with E-state index in [1.165, 1.54) is 36.3 Å². The molecule has 5 nitrogen and oxygen atoms in total. The van der Waals surface area contributed by atoms with Gasteiger partial charge in [-0.1, -0.05) is 43.3 Å². The maximum absolute atomic E-state index is 13.0. The second kappa shape index (κ2) is 10.9. The van der Waals surface area contributed by atoms with Crippen molar-refractivity contribution < 1.29 is 4.39 Å². The lowest BCUT2D eigenvalue weighted by Crippen LogP contribution is -2.45. The van der Waals surface area contributed by atoms with Crippen LogP contribution in [0.25, 0.3) is 0 Å². The Kier molecular flexibility index (Phi) is 8.02. The first-order valence-corrected chi connectivity index (χ1v) is 10.4. The number of nitrogens with one attached hydrogen (secondary N) is 2. The summed E-state index contributed by atoms with van der Waals surface area (Å²) in [6.45, 7) is 10.3. The van der Waals surface area contributed by atoms with Gasteiger partial charge in [-0.3, -0.25) is 9.89 Å². The van der Waals surface area contributed by atoms with Crippen LogP contribution in [0.2, 0.25) is 0 Å². The van der Waals surface area contributed by atoms with E-state index in [-0.39, 0.29) is 5.82 Å². The summed E-state index contributed by atoms with van der Waals surface area (Å²) in [6, 6.07) is 15.3. The highest BCUT2D eigenvalue weighted by molar-refractivity contribution is 5.79. The van der Waals surface area contributed by atoms with E-state index in [0.29, 0.717) is 13.1 Å². The van der Waals surface area contributed by atoms with E-state index in [1.807, 2.05) is 0 Å². The minimum atomic E-state index is -0.220. The third-order valence-corrected chi connectivity index (χ3v) is 5.40. The Morgan fingerprint density at radius 2 is 1.31 bits per heavy atom. The maximum Gasteiger partial charge on any atom is 0.191 e. The van der Waals surface area contributed by atoms with Crippen LogP contribution in [-0.4, -0.2) is 55.5 Å². The summed E-state index contributed by atoms with van der Waals surface area (Å²) in [6.07, 6.45) is 0. The number of benzene rings is 2. The van der Waals surface area contributed by atoms with Crippen LogP contribution >= 0.6 is 0 Å². The Labute approximate surface area is 173 Å². The van der Waals surface area contributed by atoms with Crippen LogP contribution in [0.5, 0.6) is 0 Å². The van der Waals surface area contributed by atoms with Crippen LogP contribution in [0.4, 0.5) is 4.39 Å². The molecule has 2 aromatic carbocycles. The van der Waals surface area contributed by atoms with Crippen molar-refractivity contribution in [3.05, 3.63) is 71.0 Å².